The lowest BCUT2D eigenvalue weighted by atomic mass is 10.2. The zero-order chi connectivity index (χ0) is 18.4. The number of nitrogens with zero attached hydrogens (tertiary/aromatic N) is 3. The molecule has 1 amide bonds. The van der Waals surface area contributed by atoms with Crippen LogP contribution in [0.5, 0.6) is 5.75 Å². The SMILES string of the molecule is CCOc1ccccc1NC(=O)CSc1nnc(C)n1C[C@@H]1CCCO1. The number of rotatable bonds is 8. The van der Waals surface area contributed by atoms with E-state index in [0.717, 1.165) is 37.0 Å². The Kier molecular flexibility index (Phi) is 6.51. The van der Waals surface area contributed by atoms with Crippen LogP contribution in [0.4, 0.5) is 5.69 Å². The predicted molar refractivity (Wildman–Crippen MR) is 101 cm³/mol. The molecule has 1 aromatic carbocycles. The molecule has 2 aromatic rings. The highest BCUT2D eigenvalue weighted by atomic mass is 32.2. The van der Waals surface area contributed by atoms with Crippen LogP contribution in [0.3, 0.4) is 0 Å². The van der Waals surface area contributed by atoms with Gasteiger partial charge in [-0.1, -0.05) is 23.9 Å². The highest BCUT2D eigenvalue weighted by molar-refractivity contribution is 7.99. The highest BCUT2D eigenvalue weighted by Gasteiger charge is 2.20. The number of anilines is 1. The van der Waals surface area contributed by atoms with E-state index >= 15 is 0 Å². The van der Waals surface area contributed by atoms with Gasteiger partial charge in [-0.15, -0.1) is 10.2 Å². The number of aromatic nitrogens is 3. The van der Waals surface area contributed by atoms with Gasteiger partial charge in [0.05, 0.1) is 30.7 Å². The molecule has 0 spiro atoms. The van der Waals surface area contributed by atoms with Gasteiger partial charge in [0.25, 0.3) is 0 Å². The number of hydrogen-bond donors (Lipinski definition) is 1. The number of aryl methyl sites for hydroxylation is 1. The Labute approximate surface area is 157 Å². The van der Waals surface area contributed by atoms with Gasteiger partial charge in [0.2, 0.25) is 5.91 Å². The Morgan fingerprint density at radius 1 is 1.42 bits per heavy atom. The molecule has 0 unspecified atom stereocenters. The number of ether oxygens (including phenoxy) is 2. The van der Waals surface area contributed by atoms with Crippen molar-refractivity contribution in [2.24, 2.45) is 0 Å². The van der Waals surface area contributed by atoms with Crippen molar-refractivity contribution in [3.8, 4) is 5.75 Å². The molecular weight excluding hydrogens is 352 g/mol. The summed E-state index contributed by atoms with van der Waals surface area (Å²) in [4.78, 5) is 12.3. The molecule has 1 saturated heterocycles. The molecule has 140 valence electrons. The second-order valence-electron chi connectivity index (χ2n) is 6.04. The van der Waals surface area contributed by atoms with Gasteiger partial charge in [-0.3, -0.25) is 4.79 Å². The smallest absolute Gasteiger partial charge is 0.234 e. The van der Waals surface area contributed by atoms with E-state index in [4.69, 9.17) is 9.47 Å². The molecule has 0 saturated carbocycles. The topological polar surface area (TPSA) is 78.3 Å². The lowest BCUT2D eigenvalue weighted by Crippen LogP contribution is -2.18. The van der Waals surface area contributed by atoms with Crippen LogP contribution in [-0.4, -0.2) is 45.7 Å². The summed E-state index contributed by atoms with van der Waals surface area (Å²) in [5.41, 5.74) is 0.678. The van der Waals surface area contributed by atoms with Gasteiger partial charge in [0, 0.05) is 6.61 Å². The molecule has 26 heavy (non-hydrogen) atoms. The molecule has 1 fully saturated rings. The number of amides is 1. The van der Waals surface area contributed by atoms with Gasteiger partial charge < -0.3 is 19.4 Å². The van der Waals surface area contributed by atoms with Crippen LogP contribution in [0.15, 0.2) is 29.4 Å². The van der Waals surface area contributed by atoms with E-state index in [0.29, 0.717) is 18.0 Å². The summed E-state index contributed by atoms with van der Waals surface area (Å²) in [6.07, 6.45) is 2.35. The van der Waals surface area contributed by atoms with Gasteiger partial charge in [0.15, 0.2) is 5.16 Å². The van der Waals surface area contributed by atoms with E-state index in [9.17, 15) is 4.79 Å². The van der Waals surface area contributed by atoms with E-state index < -0.39 is 0 Å². The molecule has 8 heteroatoms. The normalized spacial score (nSPS) is 16.6. The minimum absolute atomic E-state index is 0.105. The van der Waals surface area contributed by atoms with E-state index in [1.54, 1.807) is 0 Å². The molecule has 1 aliphatic rings. The van der Waals surface area contributed by atoms with Crippen LogP contribution >= 0.6 is 11.8 Å². The monoisotopic (exact) mass is 376 g/mol. The zero-order valence-electron chi connectivity index (χ0n) is 15.1. The van der Waals surface area contributed by atoms with Crippen molar-refractivity contribution in [1.82, 2.24) is 14.8 Å². The number of carbonyl (C=O) groups excluding carboxylic acids is 1. The Balaban J connectivity index is 1.58. The molecule has 0 bridgehead atoms. The first-order chi connectivity index (χ1) is 12.7. The summed E-state index contributed by atoms with van der Waals surface area (Å²) in [5.74, 6) is 1.66. The van der Waals surface area contributed by atoms with Crippen molar-refractivity contribution in [1.29, 1.82) is 0 Å². The summed E-state index contributed by atoms with van der Waals surface area (Å²) >= 11 is 1.38. The fraction of sp³-hybridized carbons (Fsp3) is 0.500. The standard InChI is InChI=1S/C18H24N4O3S/c1-3-24-16-9-5-4-8-15(16)19-17(23)12-26-18-21-20-13(2)22(18)11-14-7-6-10-25-14/h4-5,8-9,14H,3,6-7,10-12H2,1-2H3,(H,19,23)/t14-/m0/s1. The minimum Gasteiger partial charge on any atom is -0.492 e. The first kappa shape index (κ1) is 18.7. The Hall–Kier alpha value is -2.06. The maximum absolute atomic E-state index is 12.3. The molecule has 0 radical (unpaired) electrons. The van der Waals surface area contributed by atoms with Crippen molar-refractivity contribution in [3.63, 3.8) is 0 Å². The average Bonchev–Trinajstić information content (AvgIpc) is 3.26. The first-order valence-corrected chi connectivity index (χ1v) is 9.81. The summed E-state index contributed by atoms with van der Waals surface area (Å²) in [6, 6.07) is 7.42. The Morgan fingerprint density at radius 2 is 2.27 bits per heavy atom. The van der Waals surface area contributed by atoms with E-state index in [1.165, 1.54) is 11.8 Å². The number of hydrogen-bond acceptors (Lipinski definition) is 6. The van der Waals surface area contributed by atoms with E-state index in [2.05, 4.69) is 15.5 Å². The average molecular weight is 376 g/mol. The molecule has 0 aliphatic carbocycles. The van der Waals surface area contributed by atoms with Gasteiger partial charge in [0.1, 0.15) is 11.6 Å². The maximum Gasteiger partial charge on any atom is 0.234 e. The minimum atomic E-state index is -0.105. The van der Waals surface area contributed by atoms with Crippen LogP contribution in [-0.2, 0) is 16.1 Å². The lowest BCUT2D eigenvalue weighted by molar-refractivity contribution is -0.113. The summed E-state index contributed by atoms with van der Waals surface area (Å²) in [5, 5.41) is 12.0. The molecule has 7 nitrogen and oxygen atoms in total. The number of carbonyl (C=O) groups is 1. The van der Waals surface area contributed by atoms with E-state index in [1.807, 2.05) is 42.7 Å². The maximum atomic E-state index is 12.3. The molecule has 2 heterocycles. The molecule has 1 aliphatic heterocycles. The third kappa shape index (κ3) is 4.76. The predicted octanol–water partition coefficient (Wildman–Crippen LogP) is 2.90. The highest BCUT2D eigenvalue weighted by Crippen LogP contribution is 2.25. The third-order valence-electron chi connectivity index (χ3n) is 4.11. The van der Waals surface area contributed by atoms with Gasteiger partial charge in [-0.2, -0.15) is 0 Å². The lowest BCUT2D eigenvalue weighted by Gasteiger charge is -2.13. The molecule has 1 atom stereocenters. The van der Waals surface area contributed by atoms with Crippen LogP contribution in [0, 0.1) is 6.92 Å². The fourth-order valence-electron chi connectivity index (χ4n) is 2.84. The number of thioether (sulfide) groups is 1. The van der Waals surface area contributed by atoms with Crippen molar-refractivity contribution >= 4 is 23.4 Å². The largest absolute Gasteiger partial charge is 0.492 e. The van der Waals surface area contributed by atoms with Crippen LogP contribution in [0.2, 0.25) is 0 Å². The van der Waals surface area contributed by atoms with Gasteiger partial charge in [-0.25, -0.2) is 0 Å². The Morgan fingerprint density at radius 3 is 3.04 bits per heavy atom. The quantitative estimate of drug-likeness (QED) is 0.714. The fourth-order valence-corrected chi connectivity index (χ4v) is 3.63. The van der Waals surface area contributed by atoms with Crippen molar-refractivity contribution < 1.29 is 14.3 Å². The summed E-state index contributed by atoms with van der Waals surface area (Å²) in [6.45, 7) is 5.93. The Bertz CT molecular complexity index is 744. The van der Waals surface area contributed by atoms with Crippen molar-refractivity contribution in [2.75, 3.05) is 24.3 Å². The first-order valence-electron chi connectivity index (χ1n) is 8.83. The molecule has 1 aromatic heterocycles. The molecule has 3 rings (SSSR count). The van der Waals surface area contributed by atoms with Crippen LogP contribution < -0.4 is 10.1 Å². The third-order valence-corrected chi connectivity index (χ3v) is 5.07. The second-order valence-corrected chi connectivity index (χ2v) is 6.98. The van der Waals surface area contributed by atoms with Gasteiger partial charge in [-0.05, 0) is 38.8 Å². The molecule has 1 N–H and O–H groups in total. The van der Waals surface area contributed by atoms with E-state index in [-0.39, 0.29) is 17.8 Å². The number of para-hydroxylation sites is 2. The molecular formula is C18H24N4O3S. The van der Waals surface area contributed by atoms with Crippen LogP contribution in [0.1, 0.15) is 25.6 Å². The van der Waals surface area contributed by atoms with Crippen molar-refractivity contribution in [3.05, 3.63) is 30.1 Å². The second kappa shape index (κ2) is 9.05. The summed E-state index contributed by atoms with van der Waals surface area (Å²) in [7, 11) is 0. The number of nitrogens with one attached hydrogen (secondary N) is 1. The van der Waals surface area contributed by atoms with Crippen LogP contribution in [0.25, 0.3) is 0 Å². The van der Waals surface area contributed by atoms with Gasteiger partial charge >= 0.3 is 0 Å². The zero-order valence-corrected chi connectivity index (χ0v) is 15.9. The summed E-state index contributed by atoms with van der Waals surface area (Å²) < 4.78 is 13.3. The number of benzene rings is 1. The van der Waals surface area contributed by atoms with Crippen molar-refractivity contribution in [2.45, 2.75) is 44.5 Å².